The van der Waals surface area contributed by atoms with Crippen LogP contribution in [0.1, 0.15) is 48.5 Å². The third-order valence-corrected chi connectivity index (χ3v) is 7.52. The van der Waals surface area contributed by atoms with E-state index in [0.717, 1.165) is 43.1 Å². The number of carbonyl (C=O) groups excluding carboxylic acids is 2. The van der Waals surface area contributed by atoms with Crippen molar-refractivity contribution in [2.75, 3.05) is 26.0 Å². The van der Waals surface area contributed by atoms with Gasteiger partial charge in [-0.3, -0.25) is 14.3 Å². The smallest absolute Gasteiger partial charge is 0.260 e. The second-order valence-electron chi connectivity index (χ2n) is 9.77. The number of methoxy groups -OCH3 is 1. The van der Waals surface area contributed by atoms with E-state index in [-0.39, 0.29) is 23.3 Å². The van der Waals surface area contributed by atoms with Crippen LogP contribution in [0.5, 0.6) is 5.75 Å². The molecular formula is C25H27N7O3. The molecule has 0 unspecified atom stereocenters. The van der Waals surface area contributed by atoms with Crippen molar-refractivity contribution in [1.82, 2.24) is 29.3 Å². The summed E-state index contributed by atoms with van der Waals surface area (Å²) < 4.78 is 9.13. The lowest BCUT2D eigenvalue weighted by Gasteiger charge is -2.36. The van der Waals surface area contributed by atoms with Gasteiger partial charge in [-0.25, -0.2) is 4.98 Å². The Hall–Kier alpha value is -3.95. The van der Waals surface area contributed by atoms with E-state index < -0.39 is 0 Å². The fraction of sp³-hybridized carbons (Fsp3) is 0.400. The van der Waals surface area contributed by atoms with E-state index in [2.05, 4.69) is 15.4 Å². The minimum atomic E-state index is -0.307. The molecular weight excluding hydrogens is 446 g/mol. The molecule has 4 aromatic rings. The number of imidazole rings is 1. The Morgan fingerprint density at radius 3 is 2.83 bits per heavy atom. The normalized spacial score (nSPS) is 22.4. The van der Waals surface area contributed by atoms with E-state index in [1.54, 1.807) is 30.1 Å². The summed E-state index contributed by atoms with van der Waals surface area (Å²) in [5.41, 5.74) is 1.97. The number of benzene rings is 1. The number of nitrogens with zero attached hydrogens (tertiary/aromatic N) is 6. The Bertz CT molecular complexity index is 1450. The summed E-state index contributed by atoms with van der Waals surface area (Å²) in [7, 11) is 3.45. The number of carbonyl (C=O) groups is 2. The van der Waals surface area contributed by atoms with Crippen molar-refractivity contribution in [3.8, 4) is 5.75 Å². The van der Waals surface area contributed by atoms with E-state index in [1.807, 2.05) is 41.0 Å². The van der Waals surface area contributed by atoms with E-state index in [9.17, 15) is 9.59 Å². The van der Waals surface area contributed by atoms with Gasteiger partial charge >= 0.3 is 0 Å². The molecule has 2 fully saturated rings. The lowest BCUT2D eigenvalue weighted by Crippen LogP contribution is -2.31. The molecule has 35 heavy (non-hydrogen) atoms. The highest BCUT2D eigenvalue weighted by atomic mass is 16.5. The van der Waals surface area contributed by atoms with Crippen LogP contribution in [0.3, 0.4) is 0 Å². The lowest BCUT2D eigenvalue weighted by atomic mass is 9.72. The first kappa shape index (κ1) is 21.6. The van der Waals surface area contributed by atoms with Crippen LogP contribution in [0.15, 0.2) is 42.9 Å². The van der Waals surface area contributed by atoms with Gasteiger partial charge in [-0.15, -0.1) is 0 Å². The fourth-order valence-electron chi connectivity index (χ4n) is 5.62. The zero-order valence-electron chi connectivity index (χ0n) is 19.8. The summed E-state index contributed by atoms with van der Waals surface area (Å²) in [6.07, 6.45) is 9.91. The average Bonchev–Trinajstić information content (AvgIpc) is 3.54. The van der Waals surface area contributed by atoms with Crippen LogP contribution in [0, 0.1) is 5.41 Å². The zero-order valence-corrected chi connectivity index (χ0v) is 19.8. The predicted octanol–water partition coefficient (Wildman–Crippen LogP) is 3.30. The predicted molar refractivity (Wildman–Crippen MR) is 129 cm³/mol. The van der Waals surface area contributed by atoms with Crippen molar-refractivity contribution in [3.05, 3.63) is 48.4 Å². The monoisotopic (exact) mass is 473 g/mol. The van der Waals surface area contributed by atoms with Crippen LogP contribution in [0.4, 0.5) is 5.82 Å². The van der Waals surface area contributed by atoms with Gasteiger partial charge in [0.1, 0.15) is 5.75 Å². The SMILES string of the molecule is COc1cc2nn(C3CCC4(CC3)CC(=O)N(C)C4)cc2cc1C(=O)Nc1cnc2cccnn12. The fourth-order valence-corrected chi connectivity index (χ4v) is 5.62. The van der Waals surface area contributed by atoms with Crippen LogP contribution in [0.25, 0.3) is 16.6 Å². The molecule has 1 N–H and O–H groups in total. The first-order valence-corrected chi connectivity index (χ1v) is 11.9. The molecule has 0 radical (unpaired) electrons. The van der Waals surface area contributed by atoms with Crippen molar-refractivity contribution in [3.63, 3.8) is 0 Å². The van der Waals surface area contributed by atoms with Gasteiger partial charge in [-0.2, -0.15) is 14.7 Å². The van der Waals surface area contributed by atoms with Gasteiger partial charge in [-0.05, 0) is 49.3 Å². The Morgan fingerprint density at radius 2 is 2.09 bits per heavy atom. The average molecular weight is 474 g/mol. The van der Waals surface area contributed by atoms with Gasteiger partial charge in [0.05, 0.1) is 30.4 Å². The van der Waals surface area contributed by atoms with E-state index >= 15 is 0 Å². The molecule has 0 bridgehead atoms. The third-order valence-electron chi connectivity index (χ3n) is 7.52. The second-order valence-corrected chi connectivity index (χ2v) is 9.77. The van der Waals surface area contributed by atoms with Crippen molar-refractivity contribution in [2.24, 2.45) is 5.41 Å². The lowest BCUT2D eigenvalue weighted by molar-refractivity contribution is -0.126. The summed E-state index contributed by atoms with van der Waals surface area (Å²) in [6, 6.07) is 7.52. The molecule has 1 aliphatic carbocycles. The molecule has 1 aliphatic heterocycles. The molecule has 180 valence electrons. The molecule has 1 aromatic carbocycles. The minimum Gasteiger partial charge on any atom is -0.496 e. The molecule has 2 amide bonds. The van der Waals surface area contributed by atoms with Gasteiger partial charge in [0.2, 0.25) is 5.91 Å². The summed E-state index contributed by atoms with van der Waals surface area (Å²) in [5, 5.41) is 12.8. The van der Waals surface area contributed by atoms with E-state index in [1.165, 1.54) is 0 Å². The van der Waals surface area contributed by atoms with Gasteiger partial charge in [-0.1, -0.05) is 0 Å². The van der Waals surface area contributed by atoms with Crippen LogP contribution in [-0.4, -0.2) is 61.8 Å². The first-order chi connectivity index (χ1) is 16.9. The number of aromatic nitrogens is 5. The Labute approximate surface area is 201 Å². The summed E-state index contributed by atoms with van der Waals surface area (Å²) in [4.78, 5) is 31.4. The van der Waals surface area contributed by atoms with Crippen LogP contribution >= 0.6 is 0 Å². The maximum Gasteiger partial charge on any atom is 0.260 e. The molecule has 10 heteroatoms. The minimum absolute atomic E-state index is 0.121. The highest BCUT2D eigenvalue weighted by Crippen LogP contribution is 2.47. The number of amides is 2. The number of likely N-dealkylation sites (tertiary alicyclic amines) is 1. The van der Waals surface area contributed by atoms with E-state index in [0.29, 0.717) is 29.2 Å². The van der Waals surface area contributed by atoms with Gasteiger partial charge in [0, 0.05) is 43.9 Å². The van der Waals surface area contributed by atoms with Crippen molar-refractivity contribution < 1.29 is 14.3 Å². The highest BCUT2D eigenvalue weighted by Gasteiger charge is 2.44. The molecule has 1 saturated carbocycles. The van der Waals surface area contributed by atoms with Crippen LogP contribution < -0.4 is 10.1 Å². The number of anilines is 1. The molecule has 4 heterocycles. The van der Waals surface area contributed by atoms with Crippen LogP contribution in [-0.2, 0) is 4.79 Å². The number of rotatable bonds is 4. The Balaban J connectivity index is 1.24. The van der Waals surface area contributed by atoms with Gasteiger partial charge < -0.3 is 15.0 Å². The van der Waals surface area contributed by atoms with Crippen molar-refractivity contribution >= 4 is 34.2 Å². The van der Waals surface area contributed by atoms with Crippen molar-refractivity contribution in [2.45, 2.75) is 38.1 Å². The number of hydrogen-bond donors (Lipinski definition) is 1. The molecule has 0 atom stereocenters. The van der Waals surface area contributed by atoms with Crippen molar-refractivity contribution in [1.29, 1.82) is 0 Å². The summed E-state index contributed by atoms with van der Waals surface area (Å²) in [6.45, 7) is 0.858. The summed E-state index contributed by atoms with van der Waals surface area (Å²) in [5.74, 6) is 0.886. The van der Waals surface area contributed by atoms with Gasteiger partial charge in [0.25, 0.3) is 5.91 Å². The Kier molecular flexibility index (Phi) is 4.98. The molecule has 2 aliphatic rings. The quantitative estimate of drug-likeness (QED) is 0.487. The summed E-state index contributed by atoms with van der Waals surface area (Å²) >= 11 is 0. The number of fused-ring (bicyclic) bond motifs is 2. The number of nitrogens with one attached hydrogen (secondary N) is 1. The Morgan fingerprint density at radius 1 is 1.26 bits per heavy atom. The van der Waals surface area contributed by atoms with E-state index in [4.69, 9.17) is 9.84 Å². The standard InChI is InChI=1S/C25H27N7O3/c1-30-15-25(12-23(30)33)7-5-17(6-8-25)31-14-16-10-18(20(35-2)11-19(16)29-31)24(34)28-22-13-26-21-4-3-9-27-32(21)22/h3-4,9-11,13-14,17H,5-8,12,15H2,1-2H3,(H,28,34). The zero-order chi connectivity index (χ0) is 24.2. The maximum atomic E-state index is 13.2. The molecule has 1 saturated heterocycles. The highest BCUT2D eigenvalue weighted by molar-refractivity contribution is 6.08. The first-order valence-electron chi connectivity index (χ1n) is 11.9. The van der Waals surface area contributed by atoms with Gasteiger partial charge in [0.15, 0.2) is 11.5 Å². The van der Waals surface area contributed by atoms with Crippen LogP contribution in [0.2, 0.25) is 0 Å². The largest absolute Gasteiger partial charge is 0.496 e. The second kappa shape index (κ2) is 8.07. The topological polar surface area (TPSA) is 107 Å². The third kappa shape index (κ3) is 3.69. The molecule has 10 nitrogen and oxygen atoms in total. The molecule has 3 aromatic heterocycles. The maximum absolute atomic E-state index is 13.2. The molecule has 1 spiro atoms. The number of ether oxygens (including phenoxy) is 1. The number of hydrogen-bond acceptors (Lipinski definition) is 6. The molecule has 6 rings (SSSR count).